The molecule has 18 heavy (non-hydrogen) atoms. The second-order valence-electron chi connectivity index (χ2n) is 5.95. The molecule has 0 saturated heterocycles. The van der Waals surface area contributed by atoms with Crippen LogP contribution in [0.15, 0.2) is 0 Å². The van der Waals surface area contributed by atoms with Gasteiger partial charge in [0.15, 0.2) is 0 Å². The van der Waals surface area contributed by atoms with E-state index >= 15 is 0 Å². The van der Waals surface area contributed by atoms with Gasteiger partial charge in [-0.25, -0.2) is 0 Å². The van der Waals surface area contributed by atoms with Gasteiger partial charge in [-0.1, -0.05) is 46.5 Å². The Morgan fingerprint density at radius 1 is 1.17 bits per heavy atom. The standard InChI is InChI=1S/C16H33NO/c1-5-10-13(3)15(17-6-2)16(18-4)14-11-8-7-9-12-14/h13-17H,5-12H2,1-4H3. The van der Waals surface area contributed by atoms with Crippen LogP contribution in [0.25, 0.3) is 0 Å². The summed E-state index contributed by atoms with van der Waals surface area (Å²) in [4.78, 5) is 0. The van der Waals surface area contributed by atoms with Crippen molar-refractivity contribution in [3.8, 4) is 0 Å². The van der Waals surface area contributed by atoms with Crippen LogP contribution in [-0.4, -0.2) is 25.8 Å². The molecule has 0 heterocycles. The average Bonchev–Trinajstić information content (AvgIpc) is 2.40. The minimum Gasteiger partial charge on any atom is -0.380 e. The summed E-state index contributed by atoms with van der Waals surface area (Å²) in [7, 11) is 1.91. The predicted octanol–water partition coefficient (Wildman–Crippen LogP) is 4.00. The zero-order chi connectivity index (χ0) is 13.4. The van der Waals surface area contributed by atoms with Crippen molar-refractivity contribution in [1.29, 1.82) is 0 Å². The Labute approximate surface area is 114 Å². The van der Waals surface area contributed by atoms with E-state index in [1.165, 1.54) is 44.9 Å². The molecular formula is C16H33NO. The van der Waals surface area contributed by atoms with Crippen LogP contribution in [0.5, 0.6) is 0 Å². The molecular weight excluding hydrogens is 222 g/mol. The van der Waals surface area contributed by atoms with Gasteiger partial charge in [-0.3, -0.25) is 0 Å². The Morgan fingerprint density at radius 2 is 1.83 bits per heavy atom. The number of hydrogen-bond acceptors (Lipinski definition) is 2. The quantitative estimate of drug-likeness (QED) is 0.708. The van der Waals surface area contributed by atoms with Crippen LogP contribution in [0.1, 0.15) is 65.7 Å². The lowest BCUT2D eigenvalue weighted by Gasteiger charge is -2.38. The SMILES string of the molecule is CCCC(C)C(NCC)C(OC)C1CCCCC1. The van der Waals surface area contributed by atoms with E-state index in [4.69, 9.17) is 4.74 Å². The summed E-state index contributed by atoms with van der Waals surface area (Å²) in [5.41, 5.74) is 0. The summed E-state index contributed by atoms with van der Waals surface area (Å²) in [5, 5.41) is 3.69. The van der Waals surface area contributed by atoms with E-state index in [0.717, 1.165) is 12.5 Å². The Kier molecular flexibility index (Phi) is 7.92. The summed E-state index contributed by atoms with van der Waals surface area (Å²) in [6.45, 7) is 7.91. The summed E-state index contributed by atoms with van der Waals surface area (Å²) in [5.74, 6) is 1.48. The fourth-order valence-corrected chi connectivity index (χ4v) is 3.61. The van der Waals surface area contributed by atoms with Gasteiger partial charge in [0, 0.05) is 13.2 Å². The van der Waals surface area contributed by atoms with Crippen molar-refractivity contribution in [3.63, 3.8) is 0 Å². The van der Waals surface area contributed by atoms with Crippen LogP contribution in [0.2, 0.25) is 0 Å². The summed E-state index contributed by atoms with van der Waals surface area (Å²) in [6, 6.07) is 0.531. The van der Waals surface area contributed by atoms with E-state index in [1.54, 1.807) is 0 Å². The third kappa shape index (κ3) is 4.55. The topological polar surface area (TPSA) is 21.3 Å². The maximum atomic E-state index is 5.91. The van der Waals surface area contributed by atoms with Gasteiger partial charge in [-0.15, -0.1) is 0 Å². The van der Waals surface area contributed by atoms with Gasteiger partial charge in [0.1, 0.15) is 0 Å². The van der Waals surface area contributed by atoms with E-state index in [0.29, 0.717) is 18.1 Å². The van der Waals surface area contributed by atoms with Crippen molar-refractivity contribution in [2.24, 2.45) is 11.8 Å². The lowest BCUT2D eigenvalue weighted by molar-refractivity contribution is -0.00638. The predicted molar refractivity (Wildman–Crippen MR) is 78.9 cm³/mol. The number of rotatable bonds is 8. The Balaban J connectivity index is 2.65. The molecule has 108 valence electrons. The van der Waals surface area contributed by atoms with Crippen LogP contribution in [0.4, 0.5) is 0 Å². The second-order valence-corrected chi connectivity index (χ2v) is 5.95. The minimum absolute atomic E-state index is 0.409. The molecule has 2 heteroatoms. The number of methoxy groups -OCH3 is 1. The van der Waals surface area contributed by atoms with Crippen molar-refractivity contribution < 1.29 is 4.74 Å². The highest BCUT2D eigenvalue weighted by atomic mass is 16.5. The molecule has 1 saturated carbocycles. The second kappa shape index (κ2) is 8.92. The van der Waals surface area contributed by atoms with Crippen molar-refractivity contribution in [2.45, 2.75) is 77.9 Å². The minimum atomic E-state index is 0.409. The fraction of sp³-hybridized carbons (Fsp3) is 1.00. The van der Waals surface area contributed by atoms with Crippen molar-refractivity contribution in [3.05, 3.63) is 0 Å². The van der Waals surface area contributed by atoms with Gasteiger partial charge >= 0.3 is 0 Å². The first-order chi connectivity index (χ1) is 8.74. The molecule has 0 aromatic carbocycles. The van der Waals surface area contributed by atoms with E-state index < -0.39 is 0 Å². The Morgan fingerprint density at radius 3 is 2.33 bits per heavy atom. The lowest BCUT2D eigenvalue weighted by atomic mass is 9.79. The number of likely N-dealkylation sites (N-methyl/N-ethyl adjacent to an activating group) is 1. The molecule has 0 aromatic rings. The van der Waals surface area contributed by atoms with E-state index in [9.17, 15) is 0 Å². The van der Waals surface area contributed by atoms with E-state index in [2.05, 4.69) is 26.1 Å². The highest BCUT2D eigenvalue weighted by Crippen LogP contribution is 2.31. The van der Waals surface area contributed by atoms with Crippen LogP contribution in [0.3, 0.4) is 0 Å². The first kappa shape index (κ1) is 16.0. The zero-order valence-electron chi connectivity index (χ0n) is 12.9. The summed E-state index contributed by atoms with van der Waals surface area (Å²) in [6.07, 6.45) is 9.90. The normalized spacial score (nSPS) is 22.7. The molecule has 0 aliphatic heterocycles. The highest BCUT2D eigenvalue weighted by Gasteiger charge is 2.32. The first-order valence-electron chi connectivity index (χ1n) is 8.00. The summed E-state index contributed by atoms with van der Waals surface area (Å²) >= 11 is 0. The largest absolute Gasteiger partial charge is 0.380 e. The third-order valence-electron chi connectivity index (χ3n) is 4.54. The molecule has 0 aromatic heterocycles. The fourth-order valence-electron chi connectivity index (χ4n) is 3.61. The van der Waals surface area contributed by atoms with Gasteiger partial charge in [-0.05, 0) is 37.6 Å². The smallest absolute Gasteiger partial charge is 0.0754 e. The van der Waals surface area contributed by atoms with Gasteiger partial charge in [-0.2, -0.15) is 0 Å². The molecule has 0 spiro atoms. The molecule has 1 fully saturated rings. The number of ether oxygens (including phenoxy) is 1. The molecule has 2 nitrogen and oxygen atoms in total. The maximum absolute atomic E-state index is 5.91. The highest BCUT2D eigenvalue weighted by molar-refractivity contribution is 4.87. The van der Waals surface area contributed by atoms with Crippen molar-refractivity contribution in [2.75, 3.05) is 13.7 Å². The molecule has 0 radical (unpaired) electrons. The molecule has 1 aliphatic carbocycles. The third-order valence-corrected chi connectivity index (χ3v) is 4.54. The van der Waals surface area contributed by atoms with E-state index in [-0.39, 0.29) is 0 Å². The van der Waals surface area contributed by atoms with E-state index in [1.807, 2.05) is 7.11 Å². The Bertz CT molecular complexity index is 201. The van der Waals surface area contributed by atoms with Crippen LogP contribution in [0, 0.1) is 11.8 Å². The lowest BCUT2D eigenvalue weighted by Crippen LogP contribution is -2.49. The molecule has 1 rings (SSSR count). The van der Waals surface area contributed by atoms with Crippen LogP contribution >= 0.6 is 0 Å². The molecule has 3 atom stereocenters. The van der Waals surface area contributed by atoms with Crippen molar-refractivity contribution in [1.82, 2.24) is 5.32 Å². The number of hydrogen-bond donors (Lipinski definition) is 1. The van der Waals surface area contributed by atoms with Gasteiger partial charge in [0.05, 0.1) is 6.10 Å². The average molecular weight is 255 g/mol. The molecule has 1 N–H and O–H groups in total. The summed E-state index contributed by atoms with van der Waals surface area (Å²) < 4.78 is 5.91. The molecule has 0 bridgehead atoms. The van der Waals surface area contributed by atoms with Crippen LogP contribution in [-0.2, 0) is 4.74 Å². The number of nitrogens with one attached hydrogen (secondary N) is 1. The van der Waals surface area contributed by atoms with Gasteiger partial charge in [0.2, 0.25) is 0 Å². The van der Waals surface area contributed by atoms with Crippen molar-refractivity contribution >= 4 is 0 Å². The van der Waals surface area contributed by atoms with Crippen LogP contribution < -0.4 is 5.32 Å². The molecule has 3 unspecified atom stereocenters. The van der Waals surface area contributed by atoms with Gasteiger partial charge in [0.25, 0.3) is 0 Å². The molecule has 1 aliphatic rings. The zero-order valence-corrected chi connectivity index (χ0v) is 12.9. The first-order valence-corrected chi connectivity index (χ1v) is 8.00. The van der Waals surface area contributed by atoms with Gasteiger partial charge < -0.3 is 10.1 Å². The monoisotopic (exact) mass is 255 g/mol. The maximum Gasteiger partial charge on any atom is 0.0754 e. The molecule has 0 amide bonds. The Hall–Kier alpha value is -0.0800.